The Labute approximate surface area is 64.7 Å². The molecular formula is C7H10N2O2. The molecule has 0 aliphatic carbocycles. The molecule has 4 nitrogen and oxygen atoms in total. The minimum Gasteiger partial charge on any atom is -0.476 e. The lowest BCUT2D eigenvalue weighted by molar-refractivity contribution is -0.107. The summed E-state index contributed by atoms with van der Waals surface area (Å²) in [7, 11) is 0. The topological polar surface area (TPSA) is 64.7 Å². The van der Waals surface area contributed by atoms with Gasteiger partial charge < -0.3 is 15.4 Å². The number of rotatable bonds is 2. The number of hydrazone groups is 1. The molecular weight excluding hydrogens is 144 g/mol. The summed E-state index contributed by atoms with van der Waals surface area (Å²) in [5.74, 6) is 5.42. The van der Waals surface area contributed by atoms with Gasteiger partial charge in [-0.1, -0.05) is 6.08 Å². The zero-order chi connectivity index (χ0) is 8.10. The molecule has 0 bridgehead atoms. The van der Waals surface area contributed by atoms with Crippen molar-refractivity contribution < 1.29 is 9.53 Å². The van der Waals surface area contributed by atoms with Crippen LogP contribution in [0, 0.1) is 0 Å². The molecule has 0 unspecified atom stereocenters. The van der Waals surface area contributed by atoms with Crippen LogP contribution in [0.25, 0.3) is 0 Å². The second kappa shape index (κ2) is 3.75. The van der Waals surface area contributed by atoms with E-state index < -0.39 is 0 Å². The van der Waals surface area contributed by atoms with E-state index in [4.69, 9.17) is 10.6 Å². The molecule has 2 N–H and O–H groups in total. The second-order valence-electron chi connectivity index (χ2n) is 2.17. The lowest BCUT2D eigenvalue weighted by atomic mass is 10.1. The van der Waals surface area contributed by atoms with Crippen LogP contribution < -0.4 is 5.84 Å². The van der Waals surface area contributed by atoms with Crippen molar-refractivity contribution in [2.75, 3.05) is 6.61 Å². The van der Waals surface area contributed by atoms with Crippen molar-refractivity contribution in [3.63, 3.8) is 0 Å². The summed E-state index contributed by atoms with van der Waals surface area (Å²) in [5, 5.41) is 3.41. The van der Waals surface area contributed by atoms with Crippen LogP contribution in [0.1, 0.15) is 12.8 Å². The van der Waals surface area contributed by atoms with Gasteiger partial charge in [0.25, 0.3) is 0 Å². The maximum absolute atomic E-state index is 10.1. The Balaban J connectivity index is 2.71. The fourth-order valence-corrected chi connectivity index (χ4v) is 0.949. The Morgan fingerprint density at radius 1 is 1.82 bits per heavy atom. The highest BCUT2D eigenvalue weighted by molar-refractivity contribution is 5.96. The van der Waals surface area contributed by atoms with E-state index in [0.717, 1.165) is 18.3 Å². The molecule has 1 rings (SSSR count). The Bertz CT molecular complexity index is 208. The van der Waals surface area contributed by atoms with E-state index >= 15 is 0 Å². The fraction of sp³-hybridized carbons (Fsp3) is 0.429. The van der Waals surface area contributed by atoms with Crippen molar-refractivity contribution in [2.24, 2.45) is 10.9 Å². The fourth-order valence-electron chi connectivity index (χ4n) is 0.949. The molecule has 1 aliphatic rings. The van der Waals surface area contributed by atoms with Gasteiger partial charge in [-0.05, 0) is 0 Å². The Morgan fingerprint density at radius 3 is 3.27 bits per heavy atom. The first-order valence-corrected chi connectivity index (χ1v) is 3.42. The maximum Gasteiger partial charge on any atom is 0.233 e. The van der Waals surface area contributed by atoms with Crippen LogP contribution in [0.4, 0.5) is 0 Å². The normalized spacial score (nSPS) is 20.7. The van der Waals surface area contributed by atoms with Gasteiger partial charge in [0.05, 0.1) is 6.61 Å². The van der Waals surface area contributed by atoms with E-state index in [9.17, 15) is 4.79 Å². The molecule has 0 spiro atoms. The van der Waals surface area contributed by atoms with Gasteiger partial charge in [0.1, 0.15) is 6.29 Å². The smallest absolute Gasteiger partial charge is 0.233 e. The highest BCUT2D eigenvalue weighted by atomic mass is 16.5. The van der Waals surface area contributed by atoms with Gasteiger partial charge in [0.15, 0.2) is 0 Å². The molecule has 60 valence electrons. The van der Waals surface area contributed by atoms with Gasteiger partial charge in [-0.15, -0.1) is 5.10 Å². The molecule has 11 heavy (non-hydrogen) atoms. The monoisotopic (exact) mass is 154 g/mol. The van der Waals surface area contributed by atoms with Crippen molar-refractivity contribution in [3.8, 4) is 0 Å². The zero-order valence-electron chi connectivity index (χ0n) is 6.12. The van der Waals surface area contributed by atoms with Crippen molar-refractivity contribution in [1.29, 1.82) is 0 Å². The highest BCUT2D eigenvalue weighted by Crippen LogP contribution is 2.10. The molecule has 0 radical (unpaired) electrons. The molecule has 0 saturated carbocycles. The third-order valence-corrected chi connectivity index (χ3v) is 1.44. The highest BCUT2D eigenvalue weighted by Gasteiger charge is 2.11. The average molecular weight is 154 g/mol. The first kappa shape index (κ1) is 7.78. The summed E-state index contributed by atoms with van der Waals surface area (Å²) in [4.78, 5) is 10.1. The summed E-state index contributed by atoms with van der Waals surface area (Å²) in [5.41, 5.74) is 0.786. The van der Waals surface area contributed by atoms with Crippen LogP contribution in [-0.4, -0.2) is 18.8 Å². The third-order valence-electron chi connectivity index (χ3n) is 1.44. The number of hydrogen-bond acceptors (Lipinski definition) is 4. The van der Waals surface area contributed by atoms with Crippen LogP contribution in [0.15, 0.2) is 16.8 Å². The molecule has 0 fully saturated rings. The van der Waals surface area contributed by atoms with Crippen LogP contribution in [-0.2, 0) is 9.53 Å². The van der Waals surface area contributed by atoms with E-state index in [1.165, 1.54) is 0 Å². The SMILES string of the molecule is NN=C1OCCC=C1CC=O. The minimum absolute atomic E-state index is 0.329. The molecule has 1 heterocycles. The maximum atomic E-state index is 10.1. The van der Waals surface area contributed by atoms with E-state index in [-0.39, 0.29) is 0 Å². The second-order valence-corrected chi connectivity index (χ2v) is 2.17. The summed E-state index contributed by atoms with van der Waals surface area (Å²) >= 11 is 0. The molecule has 0 aromatic rings. The molecule has 0 aromatic carbocycles. The van der Waals surface area contributed by atoms with Crippen LogP contribution in [0.5, 0.6) is 0 Å². The third kappa shape index (κ3) is 1.80. The number of carbonyl (C=O) groups excluding carboxylic acids is 1. The first-order chi connectivity index (χ1) is 5.38. The van der Waals surface area contributed by atoms with E-state index in [0.29, 0.717) is 18.9 Å². The molecule has 0 aromatic heterocycles. The largest absolute Gasteiger partial charge is 0.476 e. The number of hydrogen-bond donors (Lipinski definition) is 1. The van der Waals surface area contributed by atoms with E-state index in [2.05, 4.69) is 5.10 Å². The van der Waals surface area contributed by atoms with Crippen molar-refractivity contribution in [1.82, 2.24) is 0 Å². The molecule has 1 aliphatic heterocycles. The molecule has 4 heteroatoms. The Kier molecular flexibility index (Phi) is 2.66. The standard InChI is InChI=1S/C7H10N2O2/c8-9-7-6(3-4-10)2-1-5-11-7/h2,4H,1,3,5,8H2. The molecule has 0 amide bonds. The number of carbonyl (C=O) groups is 1. The number of aldehydes is 1. The predicted molar refractivity (Wildman–Crippen MR) is 41.0 cm³/mol. The lowest BCUT2D eigenvalue weighted by Gasteiger charge is -2.13. The predicted octanol–water partition coefficient (Wildman–Crippen LogP) is 0.194. The van der Waals surface area contributed by atoms with Gasteiger partial charge in [-0.3, -0.25) is 0 Å². The Hall–Kier alpha value is -1.32. The lowest BCUT2D eigenvalue weighted by Crippen LogP contribution is -2.16. The quantitative estimate of drug-likeness (QED) is 0.351. The molecule has 0 atom stereocenters. The van der Waals surface area contributed by atoms with Gasteiger partial charge >= 0.3 is 0 Å². The van der Waals surface area contributed by atoms with Gasteiger partial charge in [0, 0.05) is 18.4 Å². The number of ether oxygens (including phenoxy) is 1. The van der Waals surface area contributed by atoms with Gasteiger partial charge in [-0.2, -0.15) is 0 Å². The summed E-state index contributed by atoms with van der Waals surface area (Å²) in [6.07, 6.45) is 3.88. The van der Waals surface area contributed by atoms with Crippen molar-refractivity contribution in [3.05, 3.63) is 11.6 Å². The Morgan fingerprint density at radius 2 is 2.64 bits per heavy atom. The van der Waals surface area contributed by atoms with Crippen LogP contribution >= 0.6 is 0 Å². The summed E-state index contributed by atoms with van der Waals surface area (Å²) in [6, 6.07) is 0. The average Bonchev–Trinajstić information content (AvgIpc) is 2.06. The van der Waals surface area contributed by atoms with Crippen LogP contribution in [0.2, 0.25) is 0 Å². The number of nitrogens with zero attached hydrogens (tertiary/aromatic N) is 1. The zero-order valence-corrected chi connectivity index (χ0v) is 6.12. The molecule has 0 saturated heterocycles. The van der Waals surface area contributed by atoms with Crippen LogP contribution in [0.3, 0.4) is 0 Å². The number of nitrogens with two attached hydrogens (primary N) is 1. The summed E-state index contributed by atoms with van der Waals surface area (Å²) in [6.45, 7) is 0.596. The van der Waals surface area contributed by atoms with Crippen molar-refractivity contribution >= 4 is 12.2 Å². The summed E-state index contributed by atoms with van der Waals surface area (Å²) < 4.78 is 5.09. The van der Waals surface area contributed by atoms with E-state index in [1.54, 1.807) is 0 Å². The first-order valence-electron chi connectivity index (χ1n) is 3.42. The minimum atomic E-state index is 0.329. The van der Waals surface area contributed by atoms with E-state index in [1.807, 2.05) is 6.08 Å². The van der Waals surface area contributed by atoms with Gasteiger partial charge in [0.2, 0.25) is 5.90 Å². The van der Waals surface area contributed by atoms with Crippen molar-refractivity contribution in [2.45, 2.75) is 12.8 Å². The van der Waals surface area contributed by atoms with Gasteiger partial charge in [-0.25, -0.2) is 0 Å².